The van der Waals surface area contributed by atoms with Crippen LogP contribution in [0.3, 0.4) is 0 Å². The van der Waals surface area contributed by atoms with Crippen LogP contribution < -0.4 is 5.73 Å². The Labute approximate surface area is 125 Å². The van der Waals surface area contributed by atoms with Crippen LogP contribution in [0.2, 0.25) is 5.02 Å². The van der Waals surface area contributed by atoms with Crippen molar-refractivity contribution in [3.05, 3.63) is 28.7 Å². The summed E-state index contributed by atoms with van der Waals surface area (Å²) in [7, 11) is 0. The van der Waals surface area contributed by atoms with Gasteiger partial charge in [0.25, 0.3) is 0 Å². The second-order valence-corrected chi connectivity index (χ2v) is 5.83. The number of amides is 1. The smallest absolute Gasteiger partial charge is 0.250 e. The van der Waals surface area contributed by atoms with Gasteiger partial charge in [0, 0.05) is 12.2 Å². The fourth-order valence-corrected chi connectivity index (χ4v) is 2.98. The van der Waals surface area contributed by atoms with Crippen molar-refractivity contribution in [2.24, 2.45) is 5.73 Å². The van der Waals surface area contributed by atoms with Gasteiger partial charge in [-0.1, -0.05) is 11.6 Å². The van der Waals surface area contributed by atoms with E-state index >= 15 is 0 Å². The molecule has 2 N–H and O–H groups in total. The van der Waals surface area contributed by atoms with Crippen molar-refractivity contribution in [2.75, 3.05) is 0 Å². The van der Waals surface area contributed by atoms with Crippen molar-refractivity contribution >= 4 is 29.3 Å². The van der Waals surface area contributed by atoms with E-state index in [0.29, 0.717) is 15.2 Å². The Hall–Kier alpha value is -1.60. The fraction of sp³-hybridized carbons (Fsp3) is 0.333. The Balaban J connectivity index is 2.33. The lowest BCUT2D eigenvalue weighted by Gasteiger charge is -2.11. The average Bonchev–Trinajstić information content (AvgIpc) is 2.72. The van der Waals surface area contributed by atoms with Crippen molar-refractivity contribution in [1.29, 1.82) is 0 Å². The third-order valence-corrected chi connectivity index (χ3v) is 4.01. The van der Waals surface area contributed by atoms with Crippen LogP contribution in [-0.4, -0.2) is 25.7 Å². The van der Waals surface area contributed by atoms with Crippen LogP contribution in [-0.2, 0) is 0 Å². The summed E-state index contributed by atoms with van der Waals surface area (Å²) in [6, 6.07) is 1.73. The van der Waals surface area contributed by atoms with E-state index in [9.17, 15) is 4.79 Å². The lowest BCUT2D eigenvalue weighted by Crippen LogP contribution is -2.11. The highest BCUT2D eigenvalue weighted by Gasteiger charge is 2.16. The molecule has 1 amide bonds. The molecule has 0 spiro atoms. The van der Waals surface area contributed by atoms with Gasteiger partial charge in [0.1, 0.15) is 10.9 Å². The monoisotopic (exact) mass is 311 g/mol. The first-order valence-electron chi connectivity index (χ1n) is 5.95. The van der Waals surface area contributed by atoms with E-state index in [1.54, 1.807) is 0 Å². The summed E-state index contributed by atoms with van der Waals surface area (Å²) in [5, 5.41) is 9.80. The summed E-state index contributed by atoms with van der Waals surface area (Å²) in [4.78, 5) is 15.2. The molecule has 0 aliphatic rings. The van der Waals surface area contributed by atoms with Gasteiger partial charge in [-0.2, -0.15) is 0 Å². The van der Waals surface area contributed by atoms with Crippen LogP contribution in [0.15, 0.2) is 22.4 Å². The molecular weight excluding hydrogens is 298 g/mol. The second kappa shape index (κ2) is 5.80. The van der Waals surface area contributed by atoms with Gasteiger partial charge in [0.15, 0.2) is 5.16 Å². The van der Waals surface area contributed by atoms with Gasteiger partial charge in [0.2, 0.25) is 5.91 Å². The Morgan fingerprint density at radius 2 is 2.15 bits per heavy atom. The zero-order valence-corrected chi connectivity index (χ0v) is 12.9. The van der Waals surface area contributed by atoms with E-state index in [1.165, 1.54) is 24.0 Å². The molecule has 6 nitrogen and oxygen atoms in total. The number of hydrogen-bond acceptors (Lipinski definition) is 5. The maximum Gasteiger partial charge on any atom is 0.250 e. The highest BCUT2D eigenvalue weighted by Crippen LogP contribution is 2.32. The molecule has 2 heterocycles. The number of primary amides is 1. The number of carbonyl (C=O) groups is 1. The van der Waals surface area contributed by atoms with Gasteiger partial charge in [0.05, 0.1) is 10.6 Å². The number of rotatable bonds is 4. The van der Waals surface area contributed by atoms with Crippen LogP contribution in [0.25, 0.3) is 0 Å². The van der Waals surface area contributed by atoms with E-state index in [0.717, 1.165) is 5.82 Å². The topological polar surface area (TPSA) is 86.7 Å². The van der Waals surface area contributed by atoms with Gasteiger partial charge in [-0.25, -0.2) is 4.98 Å². The maximum atomic E-state index is 11.1. The van der Waals surface area contributed by atoms with Crippen LogP contribution in [0, 0.1) is 6.92 Å². The van der Waals surface area contributed by atoms with Crippen LogP contribution in [0.1, 0.15) is 36.1 Å². The molecule has 106 valence electrons. The first kappa shape index (κ1) is 14.8. The van der Waals surface area contributed by atoms with Gasteiger partial charge in [-0.05, 0) is 38.6 Å². The van der Waals surface area contributed by atoms with Crippen LogP contribution >= 0.6 is 23.4 Å². The molecule has 0 aliphatic carbocycles. The molecule has 0 fully saturated rings. The molecule has 2 rings (SSSR count). The van der Waals surface area contributed by atoms with E-state index in [4.69, 9.17) is 17.3 Å². The van der Waals surface area contributed by atoms with E-state index in [2.05, 4.69) is 15.2 Å². The maximum absolute atomic E-state index is 11.1. The van der Waals surface area contributed by atoms with Crippen molar-refractivity contribution in [3.8, 4) is 0 Å². The lowest BCUT2D eigenvalue weighted by molar-refractivity contribution is 0.1000. The third kappa shape index (κ3) is 2.94. The largest absolute Gasteiger partial charge is 0.366 e. The highest BCUT2D eigenvalue weighted by atomic mass is 35.5. The zero-order valence-electron chi connectivity index (χ0n) is 11.3. The Morgan fingerprint density at radius 3 is 2.70 bits per heavy atom. The fourth-order valence-electron chi connectivity index (χ4n) is 1.74. The third-order valence-electron chi connectivity index (χ3n) is 2.63. The predicted molar refractivity (Wildman–Crippen MR) is 77.0 cm³/mol. The second-order valence-electron chi connectivity index (χ2n) is 4.47. The number of nitrogens with two attached hydrogens (primary N) is 1. The molecular formula is C12H14ClN5OS. The molecule has 2 aromatic heterocycles. The molecule has 0 radical (unpaired) electrons. The Kier molecular flexibility index (Phi) is 4.29. The zero-order chi connectivity index (χ0) is 14.9. The number of halogens is 1. The number of carbonyl (C=O) groups excluding carboxylic acids is 1. The van der Waals surface area contributed by atoms with Gasteiger partial charge in [-0.15, -0.1) is 10.2 Å². The molecule has 20 heavy (non-hydrogen) atoms. The number of aryl methyl sites for hydroxylation is 1. The van der Waals surface area contributed by atoms with E-state index < -0.39 is 5.91 Å². The molecule has 8 heteroatoms. The van der Waals surface area contributed by atoms with E-state index in [-0.39, 0.29) is 11.6 Å². The van der Waals surface area contributed by atoms with Gasteiger partial charge < -0.3 is 10.3 Å². The lowest BCUT2D eigenvalue weighted by atomic mass is 10.3. The number of aromatic nitrogens is 4. The van der Waals surface area contributed by atoms with Crippen molar-refractivity contribution in [3.63, 3.8) is 0 Å². The van der Waals surface area contributed by atoms with Crippen molar-refractivity contribution in [2.45, 2.75) is 37.0 Å². The van der Waals surface area contributed by atoms with Crippen LogP contribution in [0.4, 0.5) is 0 Å². The minimum absolute atomic E-state index is 0.233. The van der Waals surface area contributed by atoms with Crippen molar-refractivity contribution < 1.29 is 4.79 Å². The quantitative estimate of drug-likeness (QED) is 0.937. The molecule has 0 saturated heterocycles. The SMILES string of the molecule is Cc1nnc(Sc2ncc(C(N)=O)cc2Cl)n1C(C)C. The summed E-state index contributed by atoms with van der Waals surface area (Å²) >= 11 is 7.42. The molecule has 0 aromatic carbocycles. The summed E-state index contributed by atoms with van der Waals surface area (Å²) in [6.45, 7) is 5.99. The molecule has 0 bridgehead atoms. The highest BCUT2D eigenvalue weighted by molar-refractivity contribution is 7.99. The summed E-state index contributed by atoms with van der Waals surface area (Å²) < 4.78 is 1.99. The molecule has 0 aliphatic heterocycles. The van der Waals surface area contributed by atoms with Crippen molar-refractivity contribution in [1.82, 2.24) is 19.7 Å². The Bertz CT molecular complexity index is 655. The van der Waals surface area contributed by atoms with Gasteiger partial charge in [-0.3, -0.25) is 4.79 Å². The summed E-state index contributed by atoms with van der Waals surface area (Å²) in [5.74, 6) is 0.268. The number of hydrogen-bond donors (Lipinski definition) is 1. The molecule has 0 saturated carbocycles. The van der Waals surface area contributed by atoms with Gasteiger partial charge >= 0.3 is 0 Å². The first-order valence-corrected chi connectivity index (χ1v) is 7.14. The normalized spacial score (nSPS) is 11.1. The average molecular weight is 312 g/mol. The number of nitrogens with zero attached hydrogens (tertiary/aromatic N) is 4. The summed E-state index contributed by atoms with van der Waals surface area (Å²) in [6.07, 6.45) is 1.40. The first-order chi connectivity index (χ1) is 9.40. The minimum Gasteiger partial charge on any atom is -0.366 e. The van der Waals surface area contributed by atoms with E-state index in [1.807, 2.05) is 25.3 Å². The summed E-state index contributed by atoms with van der Waals surface area (Å²) in [5.41, 5.74) is 5.46. The standard InChI is InChI=1S/C12H14ClN5OS/c1-6(2)18-7(3)16-17-12(18)20-11-9(13)4-8(5-15-11)10(14)19/h4-6H,1-3H3,(H2,14,19). The molecule has 2 aromatic rings. The number of pyridine rings is 1. The molecule has 0 atom stereocenters. The Morgan fingerprint density at radius 1 is 1.45 bits per heavy atom. The van der Waals surface area contributed by atoms with Crippen LogP contribution in [0.5, 0.6) is 0 Å². The minimum atomic E-state index is -0.558. The predicted octanol–water partition coefficient (Wildman–Crippen LogP) is 2.47. The molecule has 0 unspecified atom stereocenters.